The Hall–Kier alpha value is -0.440. The Bertz CT molecular complexity index is 642. The Kier molecular flexibility index (Phi) is 5.40. The summed E-state index contributed by atoms with van der Waals surface area (Å²) in [5.41, 5.74) is 5.07. The molecular formula is C12H16Br2N2O3S. The molecule has 20 heavy (non-hydrogen) atoms. The minimum Gasteiger partial charge on any atom is -0.370 e. The molecule has 0 radical (unpaired) electrons. The first-order valence-corrected chi connectivity index (χ1v) is 8.79. The highest BCUT2D eigenvalue weighted by molar-refractivity contribution is 9.11. The van der Waals surface area contributed by atoms with Gasteiger partial charge in [-0.3, -0.25) is 4.79 Å². The van der Waals surface area contributed by atoms with E-state index in [1.54, 1.807) is 19.9 Å². The van der Waals surface area contributed by atoms with Crippen molar-refractivity contribution in [2.45, 2.75) is 37.6 Å². The molecule has 0 heterocycles. The number of primary amides is 1. The van der Waals surface area contributed by atoms with E-state index in [1.807, 2.05) is 6.92 Å². The highest BCUT2D eigenvalue weighted by Crippen LogP contribution is 2.29. The lowest BCUT2D eigenvalue weighted by Gasteiger charge is -2.24. The van der Waals surface area contributed by atoms with Crippen LogP contribution in [0.3, 0.4) is 0 Å². The number of amides is 1. The van der Waals surface area contributed by atoms with E-state index in [-0.39, 0.29) is 11.3 Å². The summed E-state index contributed by atoms with van der Waals surface area (Å²) in [5.74, 6) is -0.568. The molecule has 112 valence electrons. The fourth-order valence-electron chi connectivity index (χ4n) is 1.72. The van der Waals surface area contributed by atoms with Crippen molar-refractivity contribution in [3.63, 3.8) is 0 Å². The molecule has 0 spiro atoms. The van der Waals surface area contributed by atoms with Crippen molar-refractivity contribution in [2.24, 2.45) is 5.73 Å². The first-order chi connectivity index (χ1) is 8.94. The molecule has 0 unspecified atom stereocenters. The first kappa shape index (κ1) is 17.6. The number of rotatable bonds is 5. The zero-order valence-electron chi connectivity index (χ0n) is 11.3. The van der Waals surface area contributed by atoms with Crippen molar-refractivity contribution >= 4 is 47.8 Å². The lowest BCUT2D eigenvalue weighted by Crippen LogP contribution is -2.46. The molecule has 0 aliphatic carbocycles. The predicted molar refractivity (Wildman–Crippen MR) is 84.8 cm³/mol. The quantitative estimate of drug-likeness (QED) is 0.756. The minimum atomic E-state index is -3.77. The molecular weight excluding hydrogens is 412 g/mol. The van der Waals surface area contributed by atoms with E-state index in [9.17, 15) is 13.2 Å². The molecule has 0 atom stereocenters. The predicted octanol–water partition coefficient (Wildman–Crippen LogP) is 2.45. The number of carbonyl (C=O) groups excluding carboxylic acids is 1. The number of hydrogen-bond acceptors (Lipinski definition) is 3. The monoisotopic (exact) mass is 426 g/mol. The molecule has 1 aromatic rings. The van der Waals surface area contributed by atoms with Crippen LogP contribution in [-0.4, -0.2) is 19.9 Å². The summed E-state index contributed by atoms with van der Waals surface area (Å²) in [5, 5.41) is 0. The van der Waals surface area contributed by atoms with Gasteiger partial charge in [-0.2, -0.15) is 0 Å². The van der Waals surface area contributed by atoms with Crippen molar-refractivity contribution in [1.82, 2.24) is 4.72 Å². The molecule has 0 saturated carbocycles. The zero-order chi connectivity index (χ0) is 15.7. The number of nitrogens with two attached hydrogens (primary N) is 1. The normalized spacial score (nSPS) is 12.4. The minimum absolute atomic E-state index is 0.0864. The second-order valence-electron chi connectivity index (χ2n) is 5.16. The smallest absolute Gasteiger partial charge is 0.242 e. The fourth-order valence-corrected chi connectivity index (χ4v) is 4.81. The molecule has 0 saturated heterocycles. The van der Waals surface area contributed by atoms with Gasteiger partial charge in [0, 0.05) is 20.9 Å². The van der Waals surface area contributed by atoms with Gasteiger partial charge in [-0.25, -0.2) is 13.1 Å². The van der Waals surface area contributed by atoms with Crippen LogP contribution in [0.2, 0.25) is 0 Å². The van der Waals surface area contributed by atoms with E-state index in [0.29, 0.717) is 8.95 Å². The van der Waals surface area contributed by atoms with Gasteiger partial charge in [-0.15, -0.1) is 0 Å². The molecule has 3 N–H and O–H groups in total. The highest BCUT2D eigenvalue weighted by Gasteiger charge is 2.29. The summed E-state index contributed by atoms with van der Waals surface area (Å²) in [4.78, 5) is 11.1. The van der Waals surface area contributed by atoms with E-state index in [4.69, 9.17) is 5.73 Å². The largest absolute Gasteiger partial charge is 0.370 e. The van der Waals surface area contributed by atoms with Crippen LogP contribution >= 0.6 is 31.9 Å². The Morgan fingerprint density at radius 1 is 1.30 bits per heavy atom. The van der Waals surface area contributed by atoms with Gasteiger partial charge in [0.15, 0.2) is 0 Å². The number of nitrogens with one attached hydrogen (secondary N) is 1. The maximum Gasteiger partial charge on any atom is 0.242 e. The van der Waals surface area contributed by atoms with Gasteiger partial charge in [-0.05, 0) is 54.4 Å². The number of sulfonamides is 1. The summed E-state index contributed by atoms with van der Waals surface area (Å²) < 4.78 is 28.4. The van der Waals surface area contributed by atoms with Crippen molar-refractivity contribution < 1.29 is 13.2 Å². The Morgan fingerprint density at radius 2 is 1.85 bits per heavy atom. The average Bonchev–Trinajstić information content (AvgIpc) is 2.19. The van der Waals surface area contributed by atoms with Crippen LogP contribution in [0.1, 0.15) is 25.8 Å². The van der Waals surface area contributed by atoms with E-state index < -0.39 is 21.5 Å². The number of aryl methyl sites for hydroxylation is 1. The van der Waals surface area contributed by atoms with Crippen LogP contribution < -0.4 is 10.5 Å². The number of halogens is 2. The van der Waals surface area contributed by atoms with E-state index >= 15 is 0 Å². The van der Waals surface area contributed by atoms with Crippen LogP contribution in [0, 0.1) is 6.92 Å². The standard InChI is InChI=1S/C12H16Br2N2O3S/c1-7-4-9(14)10(5-8(7)13)20(18,19)16-12(2,3)6-11(15)17/h4-5,16H,6H2,1-3H3,(H2,15,17). The summed E-state index contributed by atoms with van der Waals surface area (Å²) in [6, 6.07) is 3.22. The van der Waals surface area contributed by atoms with E-state index in [1.165, 1.54) is 6.07 Å². The van der Waals surface area contributed by atoms with Crippen molar-refractivity contribution in [2.75, 3.05) is 0 Å². The van der Waals surface area contributed by atoms with Gasteiger partial charge in [-0.1, -0.05) is 15.9 Å². The Labute approximate surface area is 135 Å². The molecule has 1 amide bonds. The maximum absolute atomic E-state index is 12.4. The topological polar surface area (TPSA) is 89.3 Å². The lowest BCUT2D eigenvalue weighted by molar-refractivity contribution is -0.119. The molecule has 1 rings (SSSR count). The number of benzene rings is 1. The average molecular weight is 428 g/mol. The summed E-state index contributed by atoms with van der Waals surface area (Å²) in [6.07, 6.45) is -0.0864. The Balaban J connectivity index is 3.18. The molecule has 1 aromatic carbocycles. The van der Waals surface area contributed by atoms with Gasteiger partial charge >= 0.3 is 0 Å². The zero-order valence-corrected chi connectivity index (χ0v) is 15.3. The SMILES string of the molecule is Cc1cc(Br)c(S(=O)(=O)NC(C)(C)CC(N)=O)cc1Br. The van der Waals surface area contributed by atoms with E-state index in [0.717, 1.165) is 5.56 Å². The van der Waals surface area contributed by atoms with Gasteiger partial charge in [0.2, 0.25) is 15.9 Å². The van der Waals surface area contributed by atoms with Gasteiger partial charge < -0.3 is 5.73 Å². The van der Waals surface area contributed by atoms with Crippen LogP contribution in [0.25, 0.3) is 0 Å². The fraction of sp³-hybridized carbons (Fsp3) is 0.417. The van der Waals surface area contributed by atoms with Crippen molar-refractivity contribution in [3.8, 4) is 0 Å². The number of hydrogen-bond donors (Lipinski definition) is 2. The van der Waals surface area contributed by atoms with Crippen LogP contribution in [0.5, 0.6) is 0 Å². The molecule has 0 aliphatic rings. The van der Waals surface area contributed by atoms with Crippen LogP contribution in [0.15, 0.2) is 26.0 Å². The summed E-state index contributed by atoms with van der Waals surface area (Å²) in [6.45, 7) is 5.06. The summed E-state index contributed by atoms with van der Waals surface area (Å²) in [7, 11) is -3.77. The van der Waals surface area contributed by atoms with Crippen LogP contribution in [0.4, 0.5) is 0 Å². The number of carbonyl (C=O) groups is 1. The van der Waals surface area contributed by atoms with Crippen LogP contribution in [-0.2, 0) is 14.8 Å². The third-order valence-corrected chi connectivity index (χ3v) is 6.04. The molecule has 0 aromatic heterocycles. The summed E-state index contributed by atoms with van der Waals surface area (Å²) >= 11 is 6.55. The second kappa shape index (κ2) is 6.13. The molecule has 5 nitrogen and oxygen atoms in total. The third-order valence-electron chi connectivity index (χ3n) is 2.53. The highest BCUT2D eigenvalue weighted by atomic mass is 79.9. The van der Waals surface area contributed by atoms with Crippen molar-refractivity contribution in [3.05, 3.63) is 26.6 Å². The third kappa shape index (κ3) is 4.54. The molecule has 0 bridgehead atoms. The molecule has 0 aliphatic heterocycles. The van der Waals surface area contributed by atoms with Gasteiger partial charge in [0.05, 0.1) is 4.90 Å². The van der Waals surface area contributed by atoms with Crippen molar-refractivity contribution in [1.29, 1.82) is 0 Å². The Morgan fingerprint density at radius 3 is 2.35 bits per heavy atom. The molecule has 0 fully saturated rings. The van der Waals surface area contributed by atoms with E-state index in [2.05, 4.69) is 36.6 Å². The lowest BCUT2D eigenvalue weighted by atomic mass is 10.0. The maximum atomic E-state index is 12.4. The molecule has 8 heteroatoms. The van der Waals surface area contributed by atoms with Gasteiger partial charge in [0.25, 0.3) is 0 Å². The second-order valence-corrected chi connectivity index (χ2v) is 8.52. The first-order valence-electron chi connectivity index (χ1n) is 5.72. The van der Waals surface area contributed by atoms with Gasteiger partial charge in [0.1, 0.15) is 0 Å².